The van der Waals surface area contributed by atoms with E-state index in [1.54, 1.807) is 7.11 Å². The van der Waals surface area contributed by atoms with E-state index in [9.17, 15) is 9.59 Å². The Kier molecular flexibility index (Phi) is 7.06. The molecule has 0 aromatic heterocycles. The summed E-state index contributed by atoms with van der Waals surface area (Å²) in [5.41, 5.74) is 1.14. The van der Waals surface area contributed by atoms with Crippen LogP contribution < -0.4 is 15.4 Å². The predicted octanol–water partition coefficient (Wildman–Crippen LogP) is 0.438. The number of methoxy groups -OCH3 is 1. The van der Waals surface area contributed by atoms with E-state index in [4.69, 9.17) is 9.47 Å². The number of carbonyl (C=O) groups excluding carboxylic acids is 2. The lowest BCUT2D eigenvalue weighted by atomic mass is 10.1. The van der Waals surface area contributed by atoms with E-state index >= 15 is 0 Å². The third-order valence-corrected chi connectivity index (χ3v) is 5.17. The summed E-state index contributed by atoms with van der Waals surface area (Å²) in [5.74, 6) is 0.457. The minimum Gasteiger partial charge on any atom is -0.497 e. The molecule has 2 N–H and O–H groups in total. The molecule has 1 saturated heterocycles. The van der Waals surface area contributed by atoms with E-state index < -0.39 is 0 Å². The molecule has 2 amide bonds. The summed E-state index contributed by atoms with van der Waals surface area (Å²) in [6, 6.07) is 7.81. The summed E-state index contributed by atoms with van der Waals surface area (Å²) in [6.45, 7) is 5.39. The van der Waals surface area contributed by atoms with E-state index in [1.807, 2.05) is 24.3 Å². The maximum Gasteiger partial charge on any atom is 0.223 e. The number of amides is 2. The van der Waals surface area contributed by atoms with Gasteiger partial charge in [0.25, 0.3) is 0 Å². The van der Waals surface area contributed by atoms with Crippen molar-refractivity contribution < 1.29 is 19.1 Å². The van der Waals surface area contributed by atoms with Crippen LogP contribution in [-0.2, 0) is 20.7 Å². The quantitative estimate of drug-likeness (QED) is 0.655. The van der Waals surface area contributed by atoms with Crippen LogP contribution in [0.25, 0.3) is 0 Å². The van der Waals surface area contributed by atoms with Gasteiger partial charge in [-0.05, 0) is 30.5 Å². The molecule has 27 heavy (non-hydrogen) atoms. The lowest BCUT2D eigenvalue weighted by Crippen LogP contribution is -2.41. The van der Waals surface area contributed by atoms with Crippen molar-refractivity contribution >= 4 is 11.8 Å². The summed E-state index contributed by atoms with van der Waals surface area (Å²) >= 11 is 0. The second kappa shape index (κ2) is 9.71. The molecule has 1 aliphatic heterocycles. The third-order valence-electron chi connectivity index (χ3n) is 5.17. The maximum atomic E-state index is 12.2. The van der Waals surface area contributed by atoms with Gasteiger partial charge >= 0.3 is 0 Å². The van der Waals surface area contributed by atoms with Crippen LogP contribution in [0.1, 0.15) is 12.0 Å². The minimum atomic E-state index is -0.177. The highest BCUT2D eigenvalue weighted by Crippen LogP contribution is 2.38. The zero-order valence-electron chi connectivity index (χ0n) is 15.9. The van der Waals surface area contributed by atoms with Crippen LogP contribution in [0.4, 0.5) is 0 Å². The Morgan fingerprint density at radius 2 is 1.70 bits per heavy atom. The second-order valence-corrected chi connectivity index (χ2v) is 7.08. The first kappa shape index (κ1) is 19.6. The normalized spacial score (nSPS) is 22.1. The Morgan fingerprint density at radius 3 is 2.33 bits per heavy atom. The molecule has 2 aliphatic rings. The van der Waals surface area contributed by atoms with Crippen LogP contribution in [0.5, 0.6) is 5.75 Å². The number of nitrogens with zero attached hydrogens (tertiary/aromatic N) is 1. The smallest absolute Gasteiger partial charge is 0.223 e. The van der Waals surface area contributed by atoms with Crippen LogP contribution in [0.3, 0.4) is 0 Å². The number of carbonyl (C=O) groups is 2. The third kappa shape index (κ3) is 5.94. The minimum absolute atomic E-state index is 0.00133. The van der Waals surface area contributed by atoms with Gasteiger partial charge in [-0.2, -0.15) is 0 Å². The van der Waals surface area contributed by atoms with Crippen molar-refractivity contribution in [3.63, 3.8) is 0 Å². The van der Waals surface area contributed by atoms with Gasteiger partial charge in [0.1, 0.15) is 5.75 Å². The van der Waals surface area contributed by atoms with Crippen LogP contribution in [0.15, 0.2) is 24.3 Å². The van der Waals surface area contributed by atoms with Gasteiger partial charge in [-0.1, -0.05) is 12.1 Å². The van der Waals surface area contributed by atoms with Gasteiger partial charge in [-0.3, -0.25) is 14.5 Å². The Morgan fingerprint density at radius 1 is 1.07 bits per heavy atom. The topological polar surface area (TPSA) is 79.9 Å². The zero-order valence-corrected chi connectivity index (χ0v) is 15.9. The summed E-state index contributed by atoms with van der Waals surface area (Å²) in [4.78, 5) is 26.6. The number of benzene rings is 1. The van der Waals surface area contributed by atoms with Gasteiger partial charge in [-0.25, -0.2) is 0 Å². The maximum absolute atomic E-state index is 12.2. The molecule has 1 heterocycles. The van der Waals surface area contributed by atoms with Crippen molar-refractivity contribution in [2.24, 2.45) is 11.8 Å². The van der Waals surface area contributed by atoms with Gasteiger partial charge in [0.05, 0.1) is 32.2 Å². The molecule has 1 aromatic carbocycles. The number of nitrogens with one attached hydrogen (secondary N) is 2. The van der Waals surface area contributed by atoms with Crippen LogP contribution in [0.2, 0.25) is 0 Å². The number of rotatable bonds is 9. The summed E-state index contributed by atoms with van der Waals surface area (Å²) in [6.07, 6.45) is 1.41. The first-order valence-electron chi connectivity index (χ1n) is 9.66. The molecule has 0 radical (unpaired) electrons. The Labute approximate surface area is 160 Å². The molecule has 2 fully saturated rings. The van der Waals surface area contributed by atoms with E-state index in [0.29, 0.717) is 19.5 Å². The fourth-order valence-electron chi connectivity index (χ4n) is 3.32. The highest BCUT2D eigenvalue weighted by molar-refractivity contribution is 5.92. The van der Waals surface area contributed by atoms with Crippen molar-refractivity contribution in [3.05, 3.63) is 29.8 Å². The van der Waals surface area contributed by atoms with Crippen molar-refractivity contribution in [3.8, 4) is 5.75 Å². The van der Waals surface area contributed by atoms with E-state index in [2.05, 4.69) is 15.5 Å². The number of ether oxygens (including phenoxy) is 2. The molecule has 148 valence electrons. The standard InChI is InChI=1S/C20H29N3O4/c1-26-16-4-2-15(3-5-16)6-7-21-19(24)17-14-18(17)20(25)22-8-9-23-10-12-27-13-11-23/h2-5,17-18H,6-14H2,1H3,(H,21,24)(H,22,25). The Hall–Kier alpha value is -2.12. The van der Waals surface area contributed by atoms with Gasteiger partial charge in [0.2, 0.25) is 11.8 Å². The van der Waals surface area contributed by atoms with Gasteiger partial charge in [-0.15, -0.1) is 0 Å². The number of hydrogen-bond acceptors (Lipinski definition) is 5. The SMILES string of the molecule is COc1ccc(CCNC(=O)C2CC2C(=O)NCCN2CCOCC2)cc1. The molecule has 7 nitrogen and oxygen atoms in total. The second-order valence-electron chi connectivity index (χ2n) is 7.08. The molecule has 2 unspecified atom stereocenters. The van der Waals surface area contributed by atoms with E-state index in [1.165, 1.54) is 0 Å². The molecular weight excluding hydrogens is 346 g/mol. The largest absolute Gasteiger partial charge is 0.497 e. The first-order chi connectivity index (χ1) is 13.2. The fraction of sp³-hybridized carbons (Fsp3) is 0.600. The zero-order chi connectivity index (χ0) is 19.1. The van der Waals surface area contributed by atoms with Gasteiger partial charge in [0.15, 0.2) is 0 Å². The Bertz CT molecular complexity index is 629. The summed E-state index contributed by atoms with van der Waals surface area (Å²) < 4.78 is 10.4. The molecule has 2 atom stereocenters. The average Bonchev–Trinajstić information content (AvgIpc) is 3.50. The van der Waals surface area contributed by atoms with Crippen molar-refractivity contribution in [1.82, 2.24) is 15.5 Å². The summed E-state index contributed by atoms with van der Waals surface area (Å²) in [5, 5.41) is 5.90. The van der Waals surface area contributed by atoms with Crippen LogP contribution >= 0.6 is 0 Å². The summed E-state index contributed by atoms with van der Waals surface area (Å²) in [7, 11) is 1.64. The monoisotopic (exact) mass is 375 g/mol. The molecule has 7 heteroatoms. The number of morpholine rings is 1. The molecule has 3 rings (SSSR count). The molecule has 0 spiro atoms. The van der Waals surface area contributed by atoms with Gasteiger partial charge in [0, 0.05) is 32.7 Å². The highest BCUT2D eigenvalue weighted by atomic mass is 16.5. The molecule has 1 aromatic rings. The molecule has 1 saturated carbocycles. The average molecular weight is 375 g/mol. The lowest BCUT2D eigenvalue weighted by Gasteiger charge is -2.26. The van der Waals surface area contributed by atoms with E-state index in [0.717, 1.165) is 50.6 Å². The predicted molar refractivity (Wildman–Crippen MR) is 102 cm³/mol. The van der Waals surface area contributed by atoms with Crippen LogP contribution in [0, 0.1) is 11.8 Å². The van der Waals surface area contributed by atoms with Gasteiger partial charge < -0.3 is 20.1 Å². The molecular formula is C20H29N3O4. The van der Waals surface area contributed by atoms with E-state index in [-0.39, 0.29) is 23.7 Å². The lowest BCUT2D eigenvalue weighted by molar-refractivity contribution is -0.127. The Balaban J connectivity index is 1.29. The van der Waals surface area contributed by atoms with Crippen molar-refractivity contribution in [1.29, 1.82) is 0 Å². The van der Waals surface area contributed by atoms with Crippen molar-refractivity contribution in [2.45, 2.75) is 12.8 Å². The molecule has 1 aliphatic carbocycles. The number of hydrogen-bond donors (Lipinski definition) is 2. The first-order valence-corrected chi connectivity index (χ1v) is 9.66. The fourth-order valence-corrected chi connectivity index (χ4v) is 3.32. The van der Waals surface area contributed by atoms with Crippen molar-refractivity contribution in [2.75, 3.05) is 53.0 Å². The highest BCUT2D eigenvalue weighted by Gasteiger charge is 2.47. The van der Waals surface area contributed by atoms with Crippen LogP contribution in [-0.4, -0.2) is 69.8 Å². The molecule has 0 bridgehead atoms.